The molecule has 2 aliphatic rings. The minimum Gasteiger partial charge on any atom is -0.455 e. The van der Waals surface area contributed by atoms with Crippen molar-refractivity contribution < 1.29 is 28.2 Å². The quantitative estimate of drug-likeness (QED) is 0.213. The van der Waals surface area contributed by atoms with E-state index in [2.05, 4.69) is 6.58 Å². The van der Waals surface area contributed by atoms with Gasteiger partial charge in [-0.05, 0) is 13.8 Å². The Morgan fingerprint density at radius 2 is 1.35 bits per heavy atom. The molecule has 0 amide bonds. The molecule has 0 aromatic rings. The second-order valence-corrected chi connectivity index (χ2v) is 12.3. The first-order valence-electron chi connectivity index (χ1n) is 7.67. The normalized spacial score (nSPS) is 32.8. The third kappa shape index (κ3) is 4.21. The van der Waals surface area contributed by atoms with Gasteiger partial charge >= 0.3 is 11.9 Å². The molecule has 0 heterocycles. The van der Waals surface area contributed by atoms with Crippen LogP contribution in [0.5, 0.6) is 0 Å². The van der Waals surface area contributed by atoms with E-state index >= 15 is 0 Å². The van der Waals surface area contributed by atoms with Crippen molar-refractivity contribution in [3.8, 4) is 0 Å². The second kappa shape index (κ2) is 7.13. The molecule has 26 heavy (non-hydrogen) atoms. The number of carbonyl (C=O) groups excluding carboxylic acids is 2. The van der Waals surface area contributed by atoms with Crippen LogP contribution in [0.25, 0.3) is 0 Å². The molecule has 2 fully saturated rings. The Balaban J connectivity index is 1.95. The van der Waals surface area contributed by atoms with Crippen LogP contribution in [-0.4, -0.2) is 39.9 Å². The maximum Gasteiger partial charge on any atom is 0.315 e. The standard InChI is InChI=1S/C15H19Cl4O6P/c1-4-5-25-26(22,8-23-10(20)12(2)6-14(12,16)17)9-24-11(21)13(3)7-15(13,18)19/h4H,1,5-9H2,2-3H3. The van der Waals surface area contributed by atoms with E-state index in [1.54, 1.807) is 13.8 Å². The van der Waals surface area contributed by atoms with Gasteiger partial charge in [-0.25, -0.2) is 0 Å². The molecule has 0 saturated heterocycles. The molecular weight excluding hydrogens is 449 g/mol. The van der Waals surface area contributed by atoms with Crippen LogP contribution in [0.2, 0.25) is 0 Å². The summed E-state index contributed by atoms with van der Waals surface area (Å²) in [5.74, 6) is -1.41. The Hall–Kier alpha value is 0.0300. The predicted octanol–water partition coefficient (Wildman–Crippen LogP) is 4.64. The maximum absolute atomic E-state index is 12.8. The van der Waals surface area contributed by atoms with Crippen LogP contribution in [-0.2, 0) is 28.2 Å². The van der Waals surface area contributed by atoms with Gasteiger partial charge in [0.15, 0.2) is 12.7 Å². The van der Waals surface area contributed by atoms with E-state index in [9.17, 15) is 14.2 Å². The minimum absolute atomic E-state index is 0.0786. The highest BCUT2D eigenvalue weighted by Crippen LogP contribution is 2.65. The number of carbonyl (C=O) groups is 2. The molecule has 2 atom stereocenters. The zero-order chi connectivity index (χ0) is 20.0. The lowest BCUT2D eigenvalue weighted by molar-refractivity contribution is -0.148. The molecule has 2 saturated carbocycles. The molecule has 2 unspecified atom stereocenters. The first-order valence-corrected chi connectivity index (χ1v) is 11.2. The van der Waals surface area contributed by atoms with Gasteiger partial charge in [-0.3, -0.25) is 14.2 Å². The first kappa shape index (κ1) is 22.3. The summed E-state index contributed by atoms with van der Waals surface area (Å²) in [7, 11) is -3.64. The Labute approximate surface area is 171 Å². The van der Waals surface area contributed by atoms with Gasteiger partial charge in [0, 0.05) is 12.8 Å². The summed E-state index contributed by atoms with van der Waals surface area (Å²) < 4.78 is 25.7. The molecule has 2 rings (SSSR count). The summed E-state index contributed by atoms with van der Waals surface area (Å²) >= 11 is 23.7. The monoisotopic (exact) mass is 466 g/mol. The first-order chi connectivity index (χ1) is 11.7. The second-order valence-electron chi connectivity index (χ2n) is 6.95. The maximum atomic E-state index is 12.8. The highest BCUT2D eigenvalue weighted by atomic mass is 35.5. The summed E-state index contributed by atoms with van der Waals surface area (Å²) in [6, 6.07) is 0. The summed E-state index contributed by atoms with van der Waals surface area (Å²) in [5, 5.41) is 0. The molecule has 0 spiro atoms. The Morgan fingerprint density at radius 3 is 1.62 bits per heavy atom. The molecule has 0 N–H and O–H groups in total. The van der Waals surface area contributed by atoms with E-state index in [-0.39, 0.29) is 19.4 Å². The van der Waals surface area contributed by atoms with Crippen LogP contribution in [0.3, 0.4) is 0 Å². The molecule has 0 aromatic carbocycles. The Bertz CT molecular complexity index is 633. The lowest BCUT2D eigenvalue weighted by atomic mass is 10.1. The zero-order valence-corrected chi connectivity index (χ0v) is 18.1. The Morgan fingerprint density at radius 1 is 1.00 bits per heavy atom. The van der Waals surface area contributed by atoms with Gasteiger partial charge in [0.2, 0.25) is 0 Å². The molecule has 148 valence electrons. The van der Waals surface area contributed by atoms with Gasteiger partial charge in [0.1, 0.15) is 19.5 Å². The van der Waals surface area contributed by atoms with Crippen molar-refractivity contribution in [2.24, 2.45) is 10.8 Å². The molecule has 0 aromatic heterocycles. The van der Waals surface area contributed by atoms with Crippen molar-refractivity contribution in [1.82, 2.24) is 0 Å². The van der Waals surface area contributed by atoms with Crippen LogP contribution in [0.4, 0.5) is 0 Å². The third-order valence-corrected chi connectivity index (χ3v) is 8.50. The number of rotatable bonds is 9. The van der Waals surface area contributed by atoms with Gasteiger partial charge in [-0.15, -0.1) is 53.0 Å². The van der Waals surface area contributed by atoms with Crippen molar-refractivity contribution in [3.05, 3.63) is 12.7 Å². The predicted molar refractivity (Wildman–Crippen MR) is 100.0 cm³/mol. The number of alkyl halides is 4. The van der Waals surface area contributed by atoms with Crippen molar-refractivity contribution >= 4 is 65.7 Å². The van der Waals surface area contributed by atoms with Gasteiger partial charge in [-0.1, -0.05) is 6.08 Å². The Kier molecular flexibility index (Phi) is 6.12. The average molecular weight is 468 g/mol. The van der Waals surface area contributed by atoms with Gasteiger partial charge in [-0.2, -0.15) is 0 Å². The van der Waals surface area contributed by atoms with Gasteiger partial charge < -0.3 is 14.0 Å². The number of hydrogen-bond donors (Lipinski definition) is 0. The van der Waals surface area contributed by atoms with E-state index in [1.807, 2.05) is 0 Å². The van der Waals surface area contributed by atoms with Gasteiger partial charge in [0.25, 0.3) is 7.37 Å². The number of esters is 2. The fourth-order valence-corrected chi connectivity index (χ4v) is 4.78. The van der Waals surface area contributed by atoms with E-state index < -0.39 is 51.5 Å². The number of ether oxygens (including phenoxy) is 2. The zero-order valence-electron chi connectivity index (χ0n) is 14.2. The molecule has 0 bridgehead atoms. The molecular formula is C15H19Cl4O6P. The SMILES string of the molecule is C=CCOP(=O)(COC(=O)C1(C)CC1(Cl)Cl)COC(=O)C1(C)CC1(Cl)Cl. The summed E-state index contributed by atoms with van der Waals surface area (Å²) in [6.07, 6.45) is 0.638. The van der Waals surface area contributed by atoms with Crippen molar-refractivity contribution in [1.29, 1.82) is 0 Å². The third-order valence-electron chi connectivity index (χ3n) is 4.63. The smallest absolute Gasteiger partial charge is 0.315 e. The van der Waals surface area contributed by atoms with Crippen LogP contribution < -0.4 is 0 Å². The topological polar surface area (TPSA) is 78.9 Å². The molecule has 11 heteroatoms. The lowest BCUT2D eigenvalue weighted by Gasteiger charge is -2.20. The fraction of sp³-hybridized carbons (Fsp3) is 0.733. The van der Waals surface area contributed by atoms with E-state index in [4.69, 9.17) is 60.4 Å². The van der Waals surface area contributed by atoms with Gasteiger partial charge in [0.05, 0.1) is 6.61 Å². The average Bonchev–Trinajstić information content (AvgIpc) is 3.28. The van der Waals surface area contributed by atoms with E-state index in [0.29, 0.717) is 0 Å². The van der Waals surface area contributed by atoms with Crippen molar-refractivity contribution in [2.45, 2.75) is 35.4 Å². The van der Waals surface area contributed by atoms with Crippen LogP contribution >= 0.6 is 53.8 Å². The van der Waals surface area contributed by atoms with Crippen LogP contribution in [0.15, 0.2) is 12.7 Å². The molecule has 0 aliphatic heterocycles. The van der Waals surface area contributed by atoms with E-state index in [0.717, 1.165) is 0 Å². The fourth-order valence-electron chi connectivity index (χ4n) is 2.18. The highest BCUT2D eigenvalue weighted by molar-refractivity contribution is 7.58. The minimum atomic E-state index is -3.64. The highest BCUT2D eigenvalue weighted by Gasteiger charge is 2.70. The van der Waals surface area contributed by atoms with Crippen molar-refractivity contribution in [3.63, 3.8) is 0 Å². The number of halogens is 4. The van der Waals surface area contributed by atoms with Crippen molar-refractivity contribution in [2.75, 3.05) is 19.3 Å². The van der Waals surface area contributed by atoms with Crippen LogP contribution in [0.1, 0.15) is 26.7 Å². The molecule has 6 nitrogen and oxygen atoms in total. The molecule has 2 aliphatic carbocycles. The summed E-state index contributed by atoms with van der Waals surface area (Å²) in [6.45, 7) is 6.46. The molecule has 0 radical (unpaired) electrons. The number of hydrogen-bond acceptors (Lipinski definition) is 6. The van der Waals surface area contributed by atoms with Crippen LogP contribution in [0, 0.1) is 10.8 Å². The largest absolute Gasteiger partial charge is 0.455 e. The summed E-state index contributed by atoms with van der Waals surface area (Å²) in [5.41, 5.74) is -2.15. The van der Waals surface area contributed by atoms with E-state index in [1.165, 1.54) is 6.08 Å². The lowest BCUT2D eigenvalue weighted by Crippen LogP contribution is -2.24. The summed E-state index contributed by atoms with van der Waals surface area (Å²) in [4.78, 5) is 24.3.